The first-order chi connectivity index (χ1) is 7.19. The van der Waals surface area contributed by atoms with Crippen molar-refractivity contribution in [3.8, 4) is 0 Å². The van der Waals surface area contributed by atoms with Gasteiger partial charge in [-0.05, 0) is 33.4 Å². The van der Waals surface area contributed by atoms with Gasteiger partial charge in [0, 0.05) is 26.1 Å². The van der Waals surface area contributed by atoms with E-state index in [-0.39, 0.29) is 5.91 Å². The molecule has 0 saturated carbocycles. The molecule has 0 aromatic heterocycles. The average molecular weight is 214 g/mol. The van der Waals surface area contributed by atoms with E-state index in [0.717, 1.165) is 39.1 Å². The SMILES string of the molecule is CCCN(CC)CCC(=O)N(CC)CC. The number of carbonyl (C=O) groups excluding carboxylic acids is 1. The average Bonchev–Trinajstić information content (AvgIpc) is 2.25. The van der Waals surface area contributed by atoms with Crippen molar-refractivity contribution < 1.29 is 4.79 Å². The Bertz CT molecular complexity index is 167. The normalized spacial score (nSPS) is 10.7. The highest BCUT2D eigenvalue weighted by Gasteiger charge is 2.10. The molecule has 0 heterocycles. The molecule has 0 aliphatic carbocycles. The van der Waals surface area contributed by atoms with E-state index < -0.39 is 0 Å². The lowest BCUT2D eigenvalue weighted by molar-refractivity contribution is -0.131. The summed E-state index contributed by atoms with van der Waals surface area (Å²) in [6.07, 6.45) is 1.82. The van der Waals surface area contributed by atoms with E-state index in [4.69, 9.17) is 0 Å². The van der Waals surface area contributed by atoms with Crippen molar-refractivity contribution in [1.82, 2.24) is 9.80 Å². The zero-order chi connectivity index (χ0) is 11.7. The Morgan fingerprint density at radius 2 is 1.53 bits per heavy atom. The summed E-state index contributed by atoms with van der Waals surface area (Å²) < 4.78 is 0. The Balaban J connectivity index is 3.85. The zero-order valence-corrected chi connectivity index (χ0v) is 10.8. The predicted octanol–water partition coefficient (Wildman–Crippen LogP) is 1.98. The van der Waals surface area contributed by atoms with Crippen LogP contribution in [-0.4, -0.2) is 48.4 Å². The molecule has 90 valence electrons. The molecule has 3 heteroatoms. The molecular formula is C12H26N2O. The van der Waals surface area contributed by atoms with E-state index >= 15 is 0 Å². The fourth-order valence-corrected chi connectivity index (χ4v) is 1.73. The van der Waals surface area contributed by atoms with E-state index in [2.05, 4.69) is 18.7 Å². The summed E-state index contributed by atoms with van der Waals surface area (Å²) in [5.41, 5.74) is 0. The molecule has 0 fully saturated rings. The van der Waals surface area contributed by atoms with Gasteiger partial charge in [-0.1, -0.05) is 13.8 Å². The van der Waals surface area contributed by atoms with Crippen LogP contribution in [0.3, 0.4) is 0 Å². The summed E-state index contributed by atoms with van der Waals surface area (Å²) >= 11 is 0. The number of amides is 1. The second kappa shape index (κ2) is 8.72. The maximum atomic E-state index is 11.7. The van der Waals surface area contributed by atoms with E-state index in [1.807, 2.05) is 18.7 Å². The van der Waals surface area contributed by atoms with E-state index in [0.29, 0.717) is 6.42 Å². The molecule has 0 aliphatic heterocycles. The predicted molar refractivity (Wildman–Crippen MR) is 65.0 cm³/mol. The Kier molecular flexibility index (Phi) is 8.38. The van der Waals surface area contributed by atoms with Gasteiger partial charge in [-0.2, -0.15) is 0 Å². The first-order valence-electron chi connectivity index (χ1n) is 6.19. The fourth-order valence-electron chi connectivity index (χ4n) is 1.73. The number of nitrogens with zero attached hydrogens (tertiary/aromatic N) is 2. The van der Waals surface area contributed by atoms with Crippen molar-refractivity contribution in [3.05, 3.63) is 0 Å². The molecule has 0 aliphatic rings. The second-order valence-electron chi connectivity index (χ2n) is 3.75. The van der Waals surface area contributed by atoms with Crippen LogP contribution >= 0.6 is 0 Å². The van der Waals surface area contributed by atoms with Crippen LogP contribution in [0.25, 0.3) is 0 Å². The quantitative estimate of drug-likeness (QED) is 0.617. The van der Waals surface area contributed by atoms with Crippen molar-refractivity contribution in [2.45, 2.75) is 40.5 Å². The van der Waals surface area contributed by atoms with Gasteiger partial charge in [0.25, 0.3) is 0 Å². The van der Waals surface area contributed by atoms with Gasteiger partial charge < -0.3 is 9.80 Å². The van der Waals surface area contributed by atoms with Gasteiger partial charge in [-0.25, -0.2) is 0 Å². The van der Waals surface area contributed by atoms with Crippen LogP contribution in [0.2, 0.25) is 0 Å². The Labute approximate surface area is 94.4 Å². The third-order valence-electron chi connectivity index (χ3n) is 2.75. The minimum Gasteiger partial charge on any atom is -0.343 e. The minimum atomic E-state index is 0.287. The van der Waals surface area contributed by atoms with Gasteiger partial charge in [0.2, 0.25) is 5.91 Å². The first-order valence-corrected chi connectivity index (χ1v) is 6.19. The Hall–Kier alpha value is -0.570. The largest absolute Gasteiger partial charge is 0.343 e. The standard InChI is InChI=1S/C12H26N2O/c1-5-10-13(6-2)11-9-12(15)14(7-3)8-4/h5-11H2,1-4H3. The summed E-state index contributed by atoms with van der Waals surface area (Å²) in [5, 5.41) is 0. The van der Waals surface area contributed by atoms with Crippen LogP contribution in [0.5, 0.6) is 0 Å². The molecule has 15 heavy (non-hydrogen) atoms. The summed E-state index contributed by atoms with van der Waals surface area (Å²) in [6, 6.07) is 0. The highest BCUT2D eigenvalue weighted by atomic mass is 16.2. The van der Waals surface area contributed by atoms with E-state index in [9.17, 15) is 4.79 Å². The topological polar surface area (TPSA) is 23.6 Å². The molecule has 0 aromatic rings. The zero-order valence-electron chi connectivity index (χ0n) is 10.8. The summed E-state index contributed by atoms with van der Waals surface area (Å²) in [6.45, 7) is 13.1. The van der Waals surface area contributed by atoms with Gasteiger partial charge in [0.05, 0.1) is 0 Å². The van der Waals surface area contributed by atoms with Gasteiger partial charge in [0.1, 0.15) is 0 Å². The molecule has 0 atom stereocenters. The molecule has 0 N–H and O–H groups in total. The van der Waals surface area contributed by atoms with Gasteiger partial charge in [-0.3, -0.25) is 4.79 Å². The van der Waals surface area contributed by atoms with Gasteiger partial charge >= 0.3 is 0 Å². The van der Waals surface area contributed by atoms with Crippen LogP contribution in [0.1, 0.15) is 40.5 Å². The molecule has 0 saturated heterocycles. The molecule has 0 bridgehead atoms. The molecule has 0 spiro atoms. The van der Waals surface area contributed by atoms with Gasteiger partial charge in [0.15, 0.2) is 0 Å². The van der Waals surface area contributed by atoms with Crippen LogP contribution in [0.4, 0.5) is 0 Å². The molecule has 0 rings (SSSR count). The molecule has 0 unspecified atom stereocenters. The molecular weight excluding hydrogens is 188 g/mol. The number of hydrogen-bond donors (Lipinski definition) is 0. The third-order valence-corrected chi connectivity index (χ3v) is 2.75. The van der Waals surface area contributed by atoms with Crippen molar-refractivity contribution in [2.24, 2.45) is 0 Å². The second-order valence-corrected chi connectivity index (χ2v) is 3.75. The van der Waals surface area contributed by atoms with Crippen molar-refractivity contribution in [2.75, 3.05) is 32.7 Å². The minimum absolute atomic E-state index is 0.287. The van der Waals surface area contributed by atoms with E-state index in [1.54, 1.807) is 0 Å². The summed E-state index contributed by atoms with van der Waals surface area (Å²) in [4.78, 5) is 16.0. The maximum absolute atomic E-state index is 11.7. The highest BCUT2D eigenvalue weighted by Crippen LogP contribution is 1.98. The third kappa shape index (κ3) is 5.78. The van der Waals surface area contributed by atoms with Crippen LogP contribution in [0, 0.1) is 0 Å². The molecule has 3 nitrogen and oxygen atoms in total. The Morgan fingerprint density at radius 3 is 1.93 bits per heavy atom. The summed E-state index contributed by atoms with van der Waals surface area (Å²) in [5.74, 6) is 0.287. The lowest BCUT2D eigenvalue weighted by Crippen LogP contribution is -2.34. The molecule has 0 radical (unpaired) electrons. The summed E-state index contributed by atoms with van der Waals surface area (Å²) in [7, 11) is 0. The van der Waals surface area contributed by atoms with Crippen LogP contribution in [-0.2, 0) is 4.79 Å². The number of rotatable bonds is 8. The van der Waals surface area contributed by atoms with Gasteiger partial charge in [-0.15, -0.1) is 0 Å². The van der Waals surface area contributed by atoms with Crippen molar-refractivity contribution in [1.29, 1.82) is 0 Å². The number of carbonyl (C=O) groups is 1. The monoisotopic (exact) mass is 214 g/mol. The molecule has 0 aromatic carbocycles. The first kappa shape index (κ1) is 14.4. The van der Waals surface area contributed by atoms with Crippen LogP contribution < -0.4 is 0 Å². The number of hydrogen-bond acceptors (Lipinski definition) is 2. The van der Waals surface area contributed by atoms with Crippen LogP contribution in [0.15, 0.2) is 0 Å². The molecule has 1 amide bonds. The maximum Gasteiger partial charge on any atom is 0.223 e. The Morgan fingerprint density at radius 1 is 0.933 bits per heavy atom. The van der Waals surface area contributed by atoms with Crippen molar-refractivity contribution in [3.63, 3.8) is 0 Å². The highest BCUT2D eigenvalue weighted by molar-refractivity contribution is 5.76. The van der Waals surface area contributed by atoms with E-state index in [1.165, 1.54) is 0 Å². The van der Waals surface area contributed by atoms with Crippen molar-refractivity contribution >= 4 is 5.91 Å². The lowest BCUT2D eigenvalue weighted by Gasteiger charge is -2.22. The fraction of sp³-hybridized carbons (Fsp3) is 0.917. The smallest absolute Gasteiger partial charge is 0.223 e. The lowest BCUT2D eigenvalue weighted by atomic mass is 10.3.